The van der Waals surface area contributed by atoms with Crippen LogP contribution in [0.4, 0.5) is 0 Å². The van der Waals surface area contributed by atoms with E-state index < -0.39 is 0 Å². The first kappa shape index (κ1) is 15.2. The highest BCUT2D eigenvalue weighted by molar-refractivity contribution is 5.34. The van der Waals surface area contributed by atoms with Gasteiger partial charge in [-0.2, -0.15) is 0 Å². The molecule has 0 saturated heterocycles. The van der Waals surface area contributed by atoms with Crippen molar-refractivity contribution in [3.05, 3.63) is 36.0 Å². The first-order valence-corrected chi connectivity index (χ1v) is 6.66. The van der Waals surface area contributed by atoms with Crippen LogP contribution in [0.1, 0.15) is 53.9 Å². The van der Waals surface area contributed by atoms with Crippen molar-refractivity contribution in [1.82, 2.24) is 0 Å². The molecule has 92 valence electrons. The second kappa shape index (κ2) is 8.38. The van der Waals surface area contributed by atoms with Gasteiger partial charge >= 0.3 is 0 Å². The Hall–Kier alpha value is -0.780. The topological polar surface area (TPSA) is 0 Å². The highest BCUT2D eigenvalue weighted by Gasteiger charge is 2.20. The van der Waals surface area contributed by atoms with Gasteiger partial charge in [0.05, 0.1) is 0 Å². The number of hydrogen-bond donors (Lipinski definition) is 0. The summed E-state index contributed by atoms with van der Waals surface area (Å²) in [6.45, 7) is 14.7. The van der Waals surface area contributed by atoms with Gasteiger partial charge in [-0.1, -0.05) is 52.5 Å². The Morgan fingerprint density at radius 3 is 2.31 bits per heavy atom. The lowest BCUT2D eigenvalue weighted by molar-refractivity contribution is 0.346. The zero-order chi connectivity index (χ0) is 12.6. The molecule has 1 atom stereocenters. The fourth-order valence-electron chi connectivity index (χ4n) is 2.19. The maximum absolute atomic E-state index is 3.92. The lowest BCUT2D eigenvalue weighted by Gasteiger charge is -2.27. The molecule has 0 radical (unpaired) electrons. The predicted molar refractivity (Wildman–Crippen MR) is 75.6 cm³/mol. The van der Waals surface area contributed by atoms with Crippen LogP contribution in [0.5, 0.6) is 0 Å². The molecule has 1 rings (SSSR count). The van der Waals surface area contributed by atoms with E-state index in [0.717, 1.165) is 11.8 Å². The summed E-state index contributed by atoms with van der Waals surface area (Å²) in [6, 6.07) is 0. The predicted octanol–water partition coefficient (Wildman–Crippen LogP) is 5.53. The van der Waals surface area contributed by atoms with Crippen molar-refractivity contribution in [3.63, 3.8) is 0 Å². The Morgan fingerprint density at radius 1 is 1.25 bits per heavy atom. The van der Waals surface area contributed by atoms with E-state index in [1.165, 1.54) is 30.4 Å². The molecule has 0 aromatic carbocycles. The average molecular weight is 220 g/mol. The molecule has 0 heteroatoms. The molecule has 0 amide bonds. The van der Waals surface area contributed by atoms with E-state index in [9.17, 15) is 0 Å². The molecule has 1 aliphatic carbocycles. The lowest BCUT2D eigenvalue weighted by atomic mass is 9.78. The smallest absolute Gasteiger partial charge is 0.0245 e. The Morgan fingerprint density at radius 2 is 1.88 bits per heavy atom. The molecule has 16 heavy (non-hydrogen) atoms. The standard InChI is InChI=1S/C14H22.C2H6/c1-5-7-13-8-9-14(11(3)4)10-12(13)6-2;1-2/h5-7,11,14H,2,8-10H2,1,3-4H3;1-2H3/b7-5-;. The van der Waals surface area contributed by atoms with E-state index >= 15 is 0 Å². The van der Waals surface area contributed by atoms with Crippen LogP contribution < -0.4 is 0 Å². The molecule has 0 N–H and O–H groups in total. The number of rotatable bonds is 3. The normalized spacial score (nSPS) is 21.0. The van der Waals surface area contributed by atoms with Gasteiger partial charge in [0.25, 0.3) is 0 Å². The second-order valence-corrected chi connectivity index (χ2v) is 4.50. The van der Waals surface area contributed by atoms with E-state index in [4.69, 9.17) is 0 Å². The largest absolute Gasteiger partial charge is 0.0988 e. The second-order valence-electron chi connectivity index (χ2n) is 4.50. The van der Waals surface area contributed by atoms with Crippen molar-refractivity contribution in [2.75, 3.05) is 0 Å². The molecule has 0 heterocycles. The Labute approximate surface area is 102 Å². The van der Waals surface area contributed by atoms with Crippen molar-refractivity contribution >= 4 is 0 Å². The highest BCUT2D eigenvalue weighted by atomic mass is 14.3. The molecule has 0 spiro atoms. The monoisotopic (exact) mass is 220 g/mol. The summed E-state index contributed by atoms with van der Waals surface area (Å²) >= 11 is 0. The summed E-state index contributed by atoms with van der Waals surface area (Å²) < 4.78 is 0. The van der Waals surface area contributed by atoms with Gasteiger partial charge in [0.2, 0.25) is 0 Å². The molecule has 0 fully saturated rings. The minimum atomic E-state index is 0.803. The van der Waals surface area contributed by atoms with Crippen molar-refractivity contribution in [2.45, 2.75) is 53.9 Å². The average Bonchev–Trinajstić information content (AvgIpc) is 2.32. The van der Waals surface area contributed by atoms with Gasteiger partial charge in [0.15, 0.2) is 0 Å². The van der Waals surface area contributed by atoms with Gasteiger partial charge in [-0.15, -0.1) is 0 Å². The zero-order valence-corrected chi connectivity index (χ0v) is 11.7. The van der Waals surface area contributed by atoms with Crippen molar-refractivity contribution in [2.24, 2.45) is 11.8 Å². The summed E-state index contributed by atoms with van der Waals surface area (Å²) in [6.07, 6.45) is 10.2. The molecular weight excluding hydrogens is 192 g/mol. The molecule has 1 unspecified atom stereocenters. The maximum atomic E-state index is 3.92. The first-order chi connectivity index (χ1) is 7.69. The Kier molecular flexibility index (Phi) is 7.97. The Balaban J connectivity index is 0.00000106. The number of hydrogen-bond acceptors (Lipinski definition) is 0. The molecule has 0 bridgehead atoms. The van der Waals surface area contributed by atoms with E-state index in [-0.39, 0.29) is 0 Å². The quantitative estimate of drug-likeness (QED) is 0.587. The van der Waals surface area contributed by atoms with Crippen LogP contribution in [0.2, 0.25) is 0 Å². The summed E-state index contributed by atoms with van der Waals surface area (Å²) in [5, 5.41) is 0. The van der Waals surface area contributed by atoms with Crippen LogP contribution in [0.15, 0.2) is 36.0 Å². The van der Waals surface area contributed by atoms with Crippen LogP contribution in [0.25, 0.3) is 0 Å². The van der Waals surface area contributed by atoms with Crippen LogP contribution in [0, 0.1) is 11.8 Å². The third-order valence-corrected chi connectivity index (χ3v) is 3.24. The summed E-state index contributed by atoms with van der Waals surface area (Å²) in [4.78, 5) is 0. The third kappa shape index (κ3) is 4.38. The van der Waals surface area contributed by atoms with Gasteiger partial charge in [-0.25, -0.2) is 0 Å². The Bertz CT molecular complexity index is 253. The minimum Gasteiger partial charge on any atom is -0.0988 e. The van der Waals surface area contributed by atoms with Crippen LogP contribution in [-0.2, 0) is 0 Å². The zero-order valence-electron chi connectivity index (χ0n) is 11.7. The van der Waals surface area contributed by atoms with Gasteiger partial charge < -0.3 is 0 Å². The van der Waals surface area contributed by atoms with Crippen molar-refractivity contribution < 1.29 is 0 Å². The molecule has 0 aromatic heterocycles. The maximum Gasteiger partial charge on any atom is -0.0245 e. The molecule has 0 nitrogen and oxygen atoms in total. The molecule has 0 aromatic rings. The van der Waals surface area contributed by atoms with Gasteiger partial charge in [0, 0.05) is 0 Å². The number of allylic oxidation sites excluding steroid dienone is 5. The van der Waals surface area contributed by atoms with Gasteiger partial charge in [-0.3, -0.25) is 0 Å². The molecule has 0 saturated carbocycles. The highest BCUT2D eigenvalue weighted by Crippen LogP contribution is 2.34. The summed E-state index contributed by atoms with van der Waals surface area (Å²) in [5.74, 6) is 1.66. The summed E-state index contributed by atoms with van der Waals surface area (Å²) in [7, 11) is 0. The van der Waals surface area contributed by atoms with E-state index in [1.54, 1.807) is 0 Å². The summed E-state index contributed by atoms with van der Waals surface area (Å²) in [5.41, 5.74) is 2.97. The van der Waals surface area contributed by atoms with Crippen molar-refractivity contribution in [3.8, 4) is 0 Å². The lowest BCUT2D eigenvalue weighted by Crippen LogP contribution is -2.14. The fourth-order valence-corrected chi connectivity index (χ4v) is 2.19. The fraction of sp³-hybridized carbons (Fsp3) is 0.625. The van der Waals surface area contributed by atoms with Crippen LogP contribution in [0.3, 0.4) is 0 Å². The van der Waals surface area contributed by atoms with E-state index in [1.807, 2.05) is 19.9 Å². The molecule has 0 aliphatic heterocycles. The first-order valence-electron chi connectivity index (χ1n) is 6.66. The molecule has 1 aliphatic rings. The van der Waals surface area contributed by atoms with Crippen LogP contribution in [-0.4, -0.2) is 0 Å². The van der Waals surface area contributed by atoms with Crippen molar-refractivity contribution in [1.29, 1.82) is 0 Å². The van der Waals surface area contributed by atoms with Gasteiger partial charge in [-0.05, 0) is 49.2 Å². The van der Waals surface area contributed by atoms with Crippen LogP contribution >= 0.6 is 0 Å². The van der Waals surface area contributed by atoms with Gasteiger partial charge in [0.1, 0.15) is 0 Å². The SMILES string of the molecule is C=CC1=C(/C=C\C)CCC(C(C)C)C1.CC. The van der Waals surface area contributed by atoms with E-state index in [0.29, 0.717) is 0 Å². The van der Waals surface area contributed by atoms with E-state index in [2.05, 4.69) is 39.5 Å². The minimum absolute atomic E-state index is 0.803. The third-order valence-electron chi connectivity index (χ3n) is 3.24. The molecular formula is C16H28.